The van der Waals surface area contributed by atoms with Gasteiger partial charge in [0.15, 0.2) is 0 Å². The van der Waals surface area contributed by atoms with Crippen molar-refractivity contribution in [3.63, 3.8) is 0 Å². The normalized spacial score (nSPS) is 10.2. The maximum Gasteiger partial charge on any atom is 0.491 e. The molecule has 0 unspecified atom stereocenters. The van der Waals surface area contributed by atoms with E-state index < -0.39 is 7.12 Å². The third kappa shape index (κ3) is 4.05. The summed E-state index contributed by atoms with van der Waals surface area (Å²) in [5.74, 6) is 0.187. The van der Waals surface area contributed by atoms with Crippen molar-refractivity contribution in [3.05, 3.63) is 70.1 Å². The smallest absolute Gasteiger partial charge is 0.491 e. The Hall–Kier alpha value is -0.811. The van der Waals surface area contributed by atoms with Crippen LogP contribution in [0.1, 0.15) is 0 Å². The maximum atomic E-state index is 9.34. The molecule has 4 nitrogen and oxygen atoms in total. The van der Waals surface area contributed by atoms with Crippen LogP contribution in [-0.2, 0) is 32.7 Å². The third-order valence-corrected chi connectivity index (χ3v) is 4.08. The summed E-state index contributed by atoms with van der Waals surface area (Å²) in [6.45, 7) is 0. The minimum atomic E-state index is -1.80. The molecule has 0 fully saturated rings. The van der Waals surface area contributed by atoms with Gasteiger partial charge >= 0.3 is 7.12 Å². The summed E-state index contributed by atoms with van der Waals surface area (Å²) in [6, 6.07) is 16.4. The zero-order valence-electron chi connectivity index (χ0n) is 12.4. The van der Waals surface area contributed by atoms with E-state index >= 15 is 0 Å². The van der Waals surface area contributed by atoms with Crippen LogP contribution in [0, 0.1) is 0 Å². The number of hydrogen-bond acceptors (Lipinski definition) is 3. The minimum Gasteiger partial charge on any atom is -0.556 e. The van der Waals surface area contributed by atoms with Crippen molar-refractivity contribution in [2.24, 2.45) is 0 Å². The molecule has 0 saturated heterocycles. The molecule has 0 amide bonds. The van der Waals surface area contributed by atoms with Crippen LogP contribution in [0.4, 0.5) is 5.69 Å². The van der Waals surface area contributed by atoms with E-state index in [-0.39, 0.29) is 54.0 Å². The first-order valence-electron chi connectivity index (χ1n) is 6.78. The number of nitrogens with zero attached hydrogens (tertiary/aromatic N) is 1. The number of hydrogen-bond donors (Lipinski definition) is 2. The number of benzene rings is 3. The molecule has 0 atom stereocenters. The maximum absolute atomic E-state index is 9.34. The molecular formula is C16H11BCl2NO3Y-. The molecule has 2 N–H and O–H groups in total. The second-order valence-corrected chi connectivity index (χ2v) is 5.61. The van der Waals surface area contributed by atoms with Gasteiger partial charge in [0.05, 0.1) is 5.02 Å². The number of fused-ring (bicyclic) bond motifs is 1. The van der Waals surface area contributed by atoms with Gasteiger partial charge < -0.3 is 20.4 Å². The van der Waals surface area contributed by atoms with Crippen molar-refractivity contribution in [1.29, 1.82) is 0 Å². The van der Waals surface area contributed by atoms with Crippen LogP contribution in [-0.4, -0.2) is 17.2 Å². The number of rotatable bonds is 4. The van der Waals surface area contributed by atoms with E-state index in [2.05, 4.69) is 5.48 Å². The van der Waals surface area contributed by atoms with E-state index in [4.69, 9.17) is 28.0 Å². The summed E-state index contributed by atoms with van der Waals surface area (Å²) in [6.07, 6.45) is 0. The molecule has 0 aromatic heterocycles. The van der Waals surface area contributed by atoms with Crippen LogP contribution in [0.3, 0.4) is 0 Å². The molecular weight excluding hydrogens is 425 g/mol. The van der Waals surface area contributed by atoms with E-state index in [1.807, 2.05) is 42.5 Å². The minimum absolute atomic E-state index is 0. The van der Waals surface area contributed by atoms with Crippen LogP contribution in [0.15, 0.2) is 54.6 Å². The Morgan fingerprint density at radius 3 is 2.38 bits per heavy atom. The van der Waals surface area contributed by atoms with Crippen molar-refractivity contribution >= 4 is 52.2 Å². The van der Waals surface area contributed by atoms with Gasteiger partial charge in [0, 0.05) is 43.2 Å². The zero-order chi connectivity index (χ0) is 16.4. The zero-order valence-corrected chi connectivity index (χ0v) is 16.7. The van der Waals surface area contributed by atoms with Crippen molar-refractivity contribution in [1.82, 2.24) is 0 Å². The third-order valence-electron chi connectivity index (χ3n) is 3.36. The molecule has 3 aromatic rings. The van der Waals surface area contributed by atoms with Crippen LogP contribution in [0.25, 0.3) is 16.3 Å². The molecule has 119 valence electrons. The molecule has 0 saturated carbocycles. The van der Waals surface area contributed by atoms with E-state index in [1.54, 1.807) is 0 Å². The molecule has 1 radical (unpaired) electrons. The van der Waals surface area contributed by atoms with Gasteiger partial charge in [0.1, 0.15) is 5.75 Å². The summed E-state index contributed by atoms with van der Waals surface area (Å²) in [5, 5.41) is 20.8. The Morgan fingerprint density at radius 2 is 1.62 bits per heavy atom. The summed E-state index contributed by atoms with van der Waals surface area (Å²) in [4.78, 5) is 5.39. The van der Waals surface area contributed by atoms with E-state index in [1.165, 1.54) is 12.1 Å². The Labute approximate surface area is 174 Å². The van der Waals surface area contributed by atoms with Crippen molar-refractivity contribution in [2.45, 2.75) is 0 Å². The Balaban J connectivity index is 0.00000208. The molecule has 0 aliphatic carbocycles. The first-order valence-corrected chi connectivity index (χ1v) is 7.53. The summed E-state index contributed by atoms with van der Waals surface area (Å²) >= 11 is 12.0. The summed E-state index contributed by atoms with van der Waals surface area (Å²) in [5.41, 5.74) is 4.73. The average molecular weight is 436 g/mol. The second kappa shape index (κ2) is 8.52. The van der Waals surface area contributed by atoms with Gasteiger partial charge in [-0.3, -0.25) is 0 Å². The molecule has 3 rings (SSSR count). The first-order chi connectivity index (χ1) is 11.1. The quantitative estimate of drug-likeness (QED) is 0.483. The van der Waals surface area contributed by atoms with Crippen LogP contribution >= 0.6 is 23.2 Å². The molecule has 0 spiro atoms. The van der Waals surface area contributed by atoms with Gasteiger partial charge in [0.2, 0.25) is 0 Å². The van der Waals surface area contributed by atoms with E-state index in [0.29, 0.717) is 5.69 Å². The molecule has 3 aromatic carbocycles. The summed E-state index contributed by atoms with van der Waals surface area (Å²) in [7, 11) is -1.80. The summed E-state index contributed by atoms with van der Waals surface area (Å²) < 4.78 is 0. The van der Waals surface area contributed by atoms with Gasteiger partial charge in [0.25, 0.3) is 0 Å². The molecule has 0 bridgehead atoms. The first kappa shape index (κ1) is 19.5. The van der Waals surface area contributed by atoms with Gasteiger partial charge in [-0.25, -0.2) is 0 Å². The van der Waals surface area contributed by atoms with Crippen LogP contribution in [0.2, 0.25) is 10.0 Å². The van der Waals surface area contributed by atoms with Gasteiger partial charge in [-0.15, -0.1) is 5.69 Å². The Bertz CT molecular complexity index is 859. The van der Waals surface area contributed by atoms with Gasteiger partial charge in [-0.1, -0.05) is 65.7 Å². The van der Waals surface area contributed by atoms with Gasteiger partial charge in [-0.2, -0.15) is 0 Å². The SMILES string of the molecule is OB(O)c1c(Cl)ccc(O[N-]c2cccc3ccccc23)c1Cl.[Y]. The van der Waals surface area contributed by atoms with Crippen molar-refractivity contribution < 1.29 is 47.6 Å². The standard InChI is InChI=1S/C16H11BCl2NO3.Y/c18-12-8-9-14(16(19)15(12)17(21)22)23-20-13-7-3-5-10-4-1-2-6-11(10)13;/h1-9,21-22H;/q-1;. The van der Waals surface area contributed by atoms with E-state index in [9.17, 15) is 10.0 Å². The predicted octanol–water partition coefficient (Wildman–Crippen LogP) is 3.82. The van der Waals surface area contributed by atoms with Crippen molar-refractivity contribution in [3.8, 4) is 5.75 Å². The molecule has 0 aliphatic heterocycles. The van der Waals surface area contributed by atoms with Crippen molar-refractivity contribution in [2.75, 3.05) is 0 Å². The topological polar surface area (TPSA) is 63.8 Å². The molecule has 24 heavy (non-hydrogen) atoms. The van der Waals surface area contributed by atoms with Crippen LogP contribution in [0.5, 0.6) is 5.75 Å². The second-order valence-electron chi connectivity index (χ2n) is 4.83. The van der Waals surface area contributed by atoms with Crippen LogP contribution < -0.4 is 10.3 Å². The molecule has 0 aliphatic rings. The van der Waals surface area contributed by atoms with Gasteiger partial charge in [-0.05, 0) is 22.9 Å². The molecule has 0 heterocycles. The average Bonchev–Trinajstić information content (AvgIpc) is 2.54. The monoisotopic (exact) mass is 435 g/mol. The molecule has 8 heteroatoms. The fraction of sp³-hybridized carbons (Fsp3) is 0. The largest absolute Gasteiger partial charge is 0.556 e. The predicted molar refractivity (Wildman–Crippen MR) is 93.9 cm³/mol. The van der Waals surface area contributed by atoms with E-state index in [0.717, 1.165) is 10.8 Å². The Kier molecular flexibility index (Phi) is 6.93. The Morgan fingerprint density at radius 1 is 0.917 bits per heavy atom. The fourth-order valence-electron chi connectivity index (χ4n) is 2.24. The fourth-order valence-corrected chi connectivity index (χ4v) is 2.84. The number of halogens is 2.